The quantitative estimate of drug-likeness (QED) is 0.818. The van der Waals surface area contributed by atoms with Gasteiger partial charge in [-0.1, -0.05) is 0 Å². The fourth-order valence-electron chi connectivity index (χ4n) is 1.37. The van der Waals surface area contributed by atoms with Gasteiger partial charge in [-0.25, -0.2) is 0 Å². The van der Waals surface area contributed by atoms with Crippen molar-refractivity contribution in [2.75, 3.05) is 6.79 Å². The molecule has 1 atom stereocenters. The summed E-state index contributed by atoms with van der Waals surface area (Å²) in [6.07, 6.45) is 0. The van der Waals surface area contributed by atoms with Crippen LogP contribution < -0.4 is 15.2 Å². The Labute approximate surface area is 85.8 Å². The van der Waals surface area contributed by atoms with Crippen LogP contribution in [0.25, 0.3) is 0 Å². The minimum Gasteiger partial charge on any atom is -0.454 e. The molecule has 0 saturated heterocycles. The van der Waals surface area contributed by atoms with Gasteiger partial charge in [-0.15, -0.1) is 0 Å². The number of nitrogens with two attached hydrogens (primary N) is 1. The molecule has 1 aromatic carbocycles. The van der Waals surface area contributed by atoms with E-state index in [0.29, 0.717) is 11.5 Å². The lowest BCUT2D eigenvalue weighted by Gasteiger charge is -2.20. The van der Waals surface area contributed by atoms with Crippen molar-refractivity contribution in [1.82, 2.24) is 0 Å². The molecule has 0 fully saturated rings. The van der Waals surface area contributed by atoms with Gasteiger partial charge in [-0.3, -0.25) is 0 Å². The third kappa shape index (κ3) is 1.63. The normalized spacial score (nSPS) is 16.5. The summed E-state index contributed by atoms with van der Waals surface area (Å²) in [5, 5.41) is 0. The fourth-order valence-corrected chi connectivity index (χ4v) is 1.37. The number of hydrogen-bond donors (Lipinski definition) is 1. The SMILES string of the molecule is CC(N)C(F)(F)c1ccc2c(c1)OCO2. The van der Waals surface area contributed by atoms with E-state index in [0.717, 1.165) is 0 Å². The molecule has 0 amide bonds. The van der Waals surface area contributed by atoms with Gasteiger partial charge in [0.1, 0.15) is 0 Å². The van der Waals surface area contributed by atoms with Crippen LogP contribution >= 0.6 is 0 Å². The summed E-state index contributed by atoms with van der Waals surface area (Å²) in [6, 6.07) is 2.80. The number of benzene rings is 1. The highest BCUT2D eigenvalue weighted by atomic mass is 19.3. The van der Waals surface area contributed by atoms with Crippen molar-refractivity contribution in [3.05, 3.63) is 23.8 Å². The average molecular weight is 215 g/mol. The second kappa shape index (κ2) is 3.34. The van der Waals surface area contributed by atoms with E-state index in [9.17, 15) is 8.78 Å². The van der Waals surface area contributed by atoms with Gasteiger partial charge >= 0.3 is 0 Å². The van der Waals surface area contributed by atoms with Crippen LogP contribution in [0.3, 0.4) is 0 Å². The highest BCUT2D eigenvalue weighted by Gasteiger charge is 2.37. The Morgan fingerprint density at radius 1 is 1.33 bits per heavy atom. The minimum absolute atomic E-state index is 0.0720. The number of ether oxygens (including phenoxy) is 2. The van der Waals surface area contributed by atoms with E-state index in [1.54, 1.807) is 0 Å². The molecule has 0 radical (unpaired) electrons. The summed E-state index contributed by atoms with van der Waals surface area (Å²) in [7, 11) is 0. The highest BCUT2D eigenvalue weighted by Crippen LogP contribution is 2.38. The van der Waals surface area contributed by atoms with Crippen LogP contribution in [0.2, 0.25) is 0 Å². The zero-order valence-corrected chi connectivity index (χ0v) is 8.17. The predicted molar refractivity (Wildman–Crippen MR) is 50.1 cm³/mol. The Hall–Kier alpha value is -1.36. The Morgan fingerprint density at radius 3 is 2.67 bits per heavy atom. The van der Waals surface area contributed by atoms with Crippen molar-refractivity contribution in [2.45, 2.75) is 18.9 Å². The van der Waals surface area contributed by atoms with Crippen LogP contribution in [0.15, 0.2) is 18.2 Å². The second-order valence-corrected chi connectivity index (χ2v) is 3.48. The molecule has 1 aromatic rings. The van der Waals surface area contributed by atoms with Gasteiger partial charge in [0.05, 0.1) is 6.04 Å². The standard InChI is InChI=1S/C10H11F2NO2/c1-6(13)10(11,12)7-2-3-8-9(4-7)15-5-14-8/h2-4,6H,5,13H2,1H3. The molecule has 1 aliphatic heterocycles. The summed E-state index contributed by atoms with van der Waals surface area (Å²) in [4.78, 5) is 0. The topological polar surface area (TPSA) is 44.5 Å². The summed E-state index contributed by atoms with van der Waals surface area (Å²) in [6.45, 7) is 1.34. The largest absolute Gasteiger partial charge is 0.454 e. The number of fused-ring (bicyclic) bond motifs is 1. The van der Waals surface area contributed by atoms with E-state index < -0.39 is 12.0 Å². The lowest BCUT2D eigenvalue weighted by atomic mass is 10.0. The van der Waals surface area contributed by atoms with Gasteiger partial charge < -0.3 is 15.2 Å². The first-order valence-electron chi connectivity index (χ1n) is 4.55. The monoisotopic (exact) mass is 215 g/mol. The van der Waals surface area contributed by atoms with Crippen LogP contribution in [-0.2, 0) is 5.92 Å². The predicted octanol–water partition coefficient (Wildman–Crippen LogP) is 1.85. The summed E-state index contributed by atoms with van der Waals surface area (Å²) < 4.78 is 37.1. The van der Waals surface area contributed by atoms with Crippen LogP contribution in [-0.4, -0.2) is 12.8 Å². The molecule has 0 bridgehead atoms. The van der Waals surface area contributed by atoms with Crippen molar-refractivity contribution in [1.29, 1.82) is 0 Å². The highest BCUT2D eigenvalue weighted by molar-refractivity contribution is 5.45. The summed E-state index contributed by atoms with van der Waals surface area (Å²) in [5.74, 6) is -2.23. The molecule has 3 nitrogen and oxygen atoms in total. The smallest absolute Gasteiger partial charge is 0.287 e. The zero-order valence-electron chi connectivity index (χ0n) is 8.17. The number of rotatable bonds is 2. The molecule has 0 spiro atoms. The summed E-state index contributed by atoms with van der Waals surface area (Å²) >= 11 is 0. The molecule has 0 aromatic heterocycles. The Balaban J connectivity index is 2.38. The molecule has 2 rings (SSSR count). The van der Waals surface area contributed by atoms with Crippen molar-refractivity contribution < 1.29 is 18.3 Å². The van der Waals surface area contributed by atoms with Crippen molar-refractivity contribution >= 4 is 0 Å². The van der Waals surface area contributed by atoms with E-state index in [2.05, 4.69) is 0 Å². The maximum absolute atomic E-state index is 13.5. The molecule has 15 heavy (non-hydrogen) atoms. The third-order valence-corrected chi connectivity index (χ3v) is 2.33. The van der Waals surface area contributed by atoms with Crippen LogP contribution in [0.5, 0.6) is 11.5 Å². The Bertz CT molecular complexity index is 380. The average Bonchev–Trinajstić information content (AvgIpc) is 2.63. The Morgan fingerprint density at radius 2 is 2.00 bits per heavy atom. The maximum Gasteiger partial charge on any atom is 0.287 e. The zero-order chi connectivity index (χ0) is 11.1. The van der Waals surface area contributed by atoms with E-state index in [1.165, 1.54) is 25.1 Å². The molecule has 1 heterocycles. The first-order valence-corrected chi connectivity index (χ1v) is 4.55. The van der Waals surface area contributed by atoms with E-state index in [4.69, 9.17) is 15.2 Å². The van der Waals surface area contributed by atoms with Crippen LogP contribution in [0.4, 0.5) is 8.78 Å². The molecule has 1 unspecified atom stereocenters. The van der Waals surface area contributed by atoms with Gasteiger partial charge in [0.25, 0.3) is 5.92 Å². The number of alkyl halides is 2. The molecule has 82 valence electrons. The van der Waals surface area contributed by atoms with E-state index >= 15 is 0 Å². The first kappa shape index (κ1) is 10.2. The molecular formula is C10H11F2NO2. The first-order chi connectivity index (χ1) is 7.01. The van der Waals surface area contributed by atoms with Crippen molar-refractivity contribution in [3.63, 3.8) is 0 Å². The molecule has 5 heteroatoms. The molecular weight excluding hydrogens is 204 g/mol. The van der Waals surface area contributed by atoms with Gasteiger partial charge in [0, 0.05) is 5.56 Å². The fraction of sp³-hybridized carbons (Fsp3) is 0.400. The molecule has 0 aliphatic carbocycles. The van der Waals surface area contributed by atoms with Gasteiger partial charge in [0.2, 0.25) is 6.79 Å². The van der Waals surface area contributed by atoms with E-state index in [1.807, 2.05) is 0 Å². The maximum atomic E-state index is 13.5. The molecule has 2 N–H and O–H groups in total. The molecule has 0 saturated carbocycles. The van der Waals surface area contributed by atoms with Crippen LogP contribution in [0, 0.1) is 0 Å². The lowest BCUT2D eigenvalue weighted by Crippen LogP contribution is -2.35. The van der Waals surface area contributed by atoms with Gasteiger partial charge in [-0.2, -0.15) is 8.78 Å². The van der Waals surface area contributed by atoms with Gasteiger partial charge in [-0.05, 0) is 25.1 Å². The Kier molecular flexibility index (Phi) is 2.26. The van der Waals surface area contributed by atoms with E-state index in [-0.39, 0.29) is 12.4 Å². The molecule has 1 aliphatic rings. The summed E-state index contributed by atoms with van der Waals surface area (Å²) in [5.41, 5.74) is 5.07. The lowest BCUT2D eigenvalue weighted by molar-refractivity contribution is -0.0257. The third-order valence-electron chi connectivity index (χ3n) is 2.33. The number of hydrogen-bond acceptors (Lipinski definition) is 3. The van der Waals surface area contributed by atoms with Crippen molar-refractivity contribution in [2.24, 2.45) is 5.73 Å². The number of halogens is 2. The van der Waals surface area contributed by atoms with Gasteiger partial charge in [0.15, 0.2) is 11.5 Å². The van der Waals surface area contributed by atoms with Crippen molar-refractivity contribution in [3.8, 4) is 11.5 Å². The minimum atomic E-state index is -3.05. The second-order valence-electron chi connectivity index (χ2n) is 3.48. The van der Waals surface area contributed by atoms with Crippen LogP contribution in [0.1, 0.15) is 12.5 Å².